The van der Waals surface area contributed by atoms with Crippen LogP contribution in [0.3, 0.4) is 0 Å². The van der Waals surface area contributed by atoms with Gasteiger partial charge in [0.15, 0.2) is 0 Å². The SMILES string of the molecule is Cc1ccc(-c2ccc(/C=N\NC(=O)c3ccncc3)o2)cc1[N+](=O)[O-]. The number of hydrazone groups is 1. The third kappa shape index (κ3) is 3.81. The average molecular weight is 350 g/mol. The smallest absolute Gasteiger partial charge is 0.273 e. The van der Waals surface area contributed by atoms with Gasteiger partial charge in [0.2, 0.25) is 0 Å². The van der Waals surface area contributed by atoms with Gasteiger partial charge in [-0.05, 0) is 31.2 Å². The first-order chi connectivity index (χ1) is 12.5. The van der Waals surface area contributed by atoms with Crippen LogP contribution in [0.1, 0.15) is 21.7 Å². The van der Waals surface area contributed by atoms with Crippen LogP contribution in [0.4, 0.5) is 5.69 Å². The Kier molecular flexibility index (Phi) is 4.84. The van der Waals surface area contributed by atoms with Gasteiger partial charge in [-0.1, -0.05) is 12.1 Å². The lowest BCUT2D eigenvalue weighted by Crippen LogP contribution is -2.17. The van der Waals surface area contributed by atoms with Crippen LogP contribution in [0, 0.1) is 17.0 Å². The van der Waals surface area contributed by atoms with Crippen LogP contribution < -0.4 is 5.43 Å². The van der Waals surface area contributed by atoms with Gasteiger partial charge in [-0.25, -0.2) is 5.43 Å². The summed E-state index contributed by atoms with van der Waals surface area (Å²) in [6.07, 6.45) is 4.38. The summed E-state index contributed by atoms with van der Waals surface area (Å²) < 4.78 is 5.60. The molecule has 0 unspecified atom stereocenters. The number of hydrogen-bond acceptors (Lipinski definition) is 6. The highest BCUT2D eigenvalue weighted by atomic mass is 16.6. The number of amides is 1. The lowest BCUT2D eigenvalue weighted by Gasteiger charge is -2.00. The normalized spacial score (nSPS) is 10.8. The number of carbonyl (C=O) groups excluding carboxylic acids is 1. The molecule has 0 saturated carbocycles. The molecule has 26 heavy (non-hydrogen) atoms. The van der Waals surface area contributed by atoms with Crippen LogP contribution in [0.2, 0.25) is 0 Å². The maximum Gasteiger partial charge on any atom is 0.273 e. The van der Waals surface area contributed by atoms with Crippen molar-refractivity contribution in [3.63, 3.8) is 0 Å². The van der Waals surface area contributed by atoms with Crippen LogP contribution in [0.25, 0.3) is 11.3 Å². The van der Waals surface area contributed by atoms with Crippen molar-refractivity contribution < 1.29 is 14.1 Å². The molecule has 8 heteroatoms. The number of benzene rings is 1. The van der Waals surface area contributed by atoms with E-state index in [4.69, 9.17) is 4.42 Å². The maximum atomic E-state index is 11.8. The Bertz CT molecular complexity index is 980. The molecule has 2 heterocycles. The first-order valence-electron chi connectivity index (χ1n) is 7.63. The highest BCUT2D eigenvalue weighted by molar-refractivity contribution is 5.94. The van der Waals surface area contributed by atoms with E-state index in [-0.39, 0.29) is 11.6 Å². The van der Waals surface area contributed by atoms with Crippen LogP contribution >= 0.6 is 0 Å². The molecule has 1 aromatic carbocycles. The van der Waals surface area contributed by atoms with E-state index in [1.165, 1.54) is 24.7 Å². The third-order valence-corrected chi connectivity index (χ3v) is 3.62. The summed E-state index contributed by atoms with van der Waals surface area (Å²) in [5, 5.41) is 14.9. The molecular formula is C18H14N4O4. The van der Waals surface area contributed by atoms with Crippen LogP contribution in [-0.4, -0.2) is 22.0 Å². The van der Waals surface area contributed by atoms with Gasteiger partial charge >= 0.3 is 0 Å². The number of aryl methyl sites for hydroxylation is 1. The minimum Gasteiger partial charge on any atom is -0.455 e. The number of nitrogens with zero attached hydrogens (tertiary/aromatic N) is 3. The summed E-state index contributed by atoms with van der Waals surface area (Å²) in [4.78, 5) is 26.3. The summed E-state index contributed by atoms with van der Waals surface area (Å²) in [7, 11) is 0. The fraction of sp³-hybridized carbons (Fsp3) is 0.0556. The predicted octanol–water partition coefficient (Wildman–Crippen LogP) is 3.32. The molecule has 130 valence electrons. The Balaban J connectivity index is 1.71. The zero-order valence-electron chi connectivity index (χ0n) is 13.7. The number of nitro groups is 1. The first-order valence-corrected chi connectivity index (χ1v) is 7.63. The highest BCUT2D eigenvalue weighted by Crippen LogP contribution is 2.27. The highest BCUT2D eigenvalue weighted by Gasteiger charge is 2.13. The Morgan fingerprint density at radius 1 is 1.23 bits per heavy atom. The predicted molar refractivity (Wildman–Crippen MR) is 94.8 cm³/mol. The van der Waals surface area contributed by atoms with Gasteiger partial charge in [0.25, 0.3) is 11.6 Å². The Morgan fingerprint density at radius 2 is 2.00 bits per heavy atom. The topological polar surface area (TPSA) is 111 Å². The zero-order chi connectivity index (χ0) is 18.5. The second kappa shape index (κ2) is 7.39. The number of carbonyl (C=O) groups is 1. The van der Waals surface area contributed by atoms with E-state index in [0.717, 1.165) is 0 Å². The quantitative estimate of drug-likeness (QED) is 0.431. The summed E-state index contributed by atoms with van der Waals surface area (Å²) >= 11 is 0. The van der Waals surface area contributed by atoms with Gasteiger partial charge in [0.1, 0.15) is 11.5 Å². The molecule has 1 amide bonds. The molecule has 1 N–H and O–H groups in total. The van der Waals surface area contributed by atoms with Crippen molar-refractivity contribution in [2.75, 3.05) is 0 Å². The minimum absolute atomic E-state index is 0.0266. The van der Waals surface area contributed by atoms with E-state index in [1.54, 1.807) is 43.3 Å². The summed E-state index contributed by atoms with van der Waals surface area (Å²) in [5.74, 6) is 0.498. The lowest BCUT2D eigenvalue weighted by atomic mass is 10.1. The summed E-state index contributed by atoms with van der Waals surface area (Å²) in [6.45, 7) is 1.67. The van der Waals surface area contributed by atoms with E-state index in [9.17, 15) is 14.9 Å². The number of furan rings is 1. The molecule has 0 fully saturated rings. The second-order valence-electron chi connectivity index (χ2n) is 5.40. The molecular weight excluding hydrogens is 336 g/mol. The Hall–Kier alpha value is -3.81. The van der Waals surface area contributed by atoms with Crippen LogP contribution in [-0.2, 0) is 0 Å². The van der Waals surface area contributed by atoms with Gasteiger partial charge < -0.3 is 4.42 Å². The molecule has 3 aromatic rings. The van der Waals surface area contributed by atoms with Crippen molar-refractivity contribution >= 4 is 17.8 Å². The molecule has 0 saturated heterocycles. The lowest BCUT2D eigenvalue weighted by molar-refractivity contribution is -0.385. The molecule has 0 aliphatic carbocycles. The monoisotopic (exact) mass is 350 g/mol. The first kappa shape index (κ1) is 17.0. The Labute approximate surface area is 148 Å². The molecule has 0 aliphatic rings. The van der Waals surface area contributed by atoms with Crippen molar-refractivity contribution in [3.05, 3.63) is 81.9 Å². The van der Waals surface area contributed by atoms with Gasteiger partial charge in [-0.3, -0.25) is 19.9 Å². The largest absolute Gasteiger partial charge is 0.455 e. The molecule has 3 rings (SSSR count). The average Bonchev–Trinajstić information content (AvgIpc) is 3.11. The van der Waals surface area contributed by atoms with Gasteiger partial charge in [0, 0.05) is 35.2 Å². The van der Waals surface area contributed by atoms with E-state index in [0.29, 0.717) is 28.2 Å². The second-order valence-corrected chi connectivity index (χ2v) is 5.40. The van der Waals surface area contributed by atoms with Crippen molar-refractivity contribution in [2.45, 2.75) is 6.92 Å². The number of hydrogen-bond donors (Lipinski definition) is 1. The fourth-order valence-electron chi connectivity index (χ4n) is 2.26. The van der Waals surface area contributed by atoms with E-state index in [1.807, 2.05) is 0 Å². The van der Waals surface area contributed by atoms with E-state index >= 15 is 0 Å². The summed E-state index contributed by atoms with van der Waals surface area (Å²) in [5.41, 5.74) is 4.00. The van der Waals surface area contributed by atoms with Crippen LogP contribution in [0.15, 0.2) is 64.4 Å². The zero-order valence-corrected chi connectivity index (χ0v) is 13.7. The van der Waals surface area contributed by atoms with E-state index < -0.39 is 4.92 Å². The molecule has 2 aromatic heterocycles. The van der Waals surface area contributed by atoms with Crippen molar-refractivity contribution in [2.24, 2.45) is 5.10 Å². The van der Waals surface area contributed by atoms with E-state index in [2.05, 4.69) is 15.5 Å². The third-order valence-electron chi connectivity index (χ3n) is 3.62. The molecule has 0 aliphatic heterocycles. The number of rotatable bonds is 5. The number of nitrogens with one attached hydrogen (secondary N) is 1. The Morgan fingerprint density at radius 3 is 2.73 bits per heavy atom. The number of aromatic nitrogens is 1. The number of pyridine rings is 1. The molecule has 0 bridgehead atoms. The van der Waals surface area contributed by atoms with Gasteiger partial charge in [-0.15, -0.1) is 0 Å². The molecule has 0 spiro atoms. The van der Waals surface area contributed by atoms with Crippen molar-refractivity contribution in [3.8, 4) is 11.3 Å². The molecule has 0 atom stereocenters. The standard InChI is InChI=1S/C18H14N4O4/c1-12-2-3-14(10-16(12)22(24)25)17-5-4-15(26-17)11-20-21-18(23)13-6-8-19-9-7-13/h2-11H,1H3,(H,21,23)/b20-11-. The maximum absolute atomic E-state index is 11.8. The molecule has 0 radical (unpaired) electrons. The van der Waals surface area contributed by atoms with Gasteiger partial charge in [0.05, 0.1) is 11.1 Å². The fourth-order valence-corrected chi connectivity index (χ4v) is 2.26. The summed E-state index contributed by atoms with van der Waals surface area (Å²) in [6, 6.07) is 11.3. The number of nitro benzene ring substituents is 1. The van der Waals surface area contributed by atoms with Gasteiger partial charge in [-0.2, -0.15) is 5.10 Å². The minimum atomic E-state index is -0.432. The van der Waals surface area contributed by atoms with Crippen LogP contribution in [0.5, 0.6) is 0 Å². The van der Waals surface area contributed by atoms with Crippen molar-refractivity contribution in [1.82, 2.24) is 10.4 Å². The molecule has 8 nitrogen and oxygen atoms in total. The van der Waals surface area contributed by atoms with Crippen molar-refractivity contribution in [1.29, 1.82) is 0 Å².